The summed E-state index contributed by atoms with van der Waals surface area (Å²) in [6, 6.07) is 5.08. The predicted octanol–water partition coefficient (Wildman–Crippen LogP) is 2.87. The maximum atomic E-state index is 12.3. The fraction of sp³-hybridized carbons (Fsp3) is 0.571. The van der Waals surface area contributed by atoms with E-state index in [0.29, 0.717) is 17.6 Å². The summed E-state index contributed by atoms with van der Waals surface area (Å²) in [7, 11) is -3.52. The monoisotopic (exact) mass is 350 g/mol. The van der Waals surface area contributed by atoms with Crippen molar-refractivity contribution in [3.63, 3.8) is 0 Å². The van der Waals surface area contributed by atoms with Crippen LogP contribution < -0.4 is 10.0 Å². The number of rotatable bonds is 8. The zero-order chi connectivity index (χ0) is 16.0. The molecule has 120 valence electrons. The van der Waals surface area contributed by atoms with Gasteiger partial charge >= 0.3 is 0 Å². The third-order valence-corrected chi connectivity index (χ3v) is 5.58. The average Bonchev–Trinajstić information content (AvgIpc) is 2.36. The Bertz CT molecular complexity index is 562. The van der Waals surface area contributed by atoms with E-state index in [1.165, 1.54) is 6.07 Å². The van der Waals surface area contributed by atoms with Crippen LogP contribution in [-0.4, -0.2) is 32.5 Å². The molecule has 0 aliphatic rings. The summed E-state index contributed by atoms with van der Waals surface area (Å²) in [5, 5.41) is 3.72. The number of hydrogen-bond donors (Lipinski definition) is 2. The van der Waals surface area contributed by atoms with Gasteiger partial charge in [0.25, 0.3) is 0 Å². The van der Waals surface area contributed by atoms with Crippen LogP contribution in [0.1, 0.15) is 26.3 Å². The largest absolute Gasteiger partial charge is 0.310 e. The highest BCUT2D eigenvalue weighted by molar-refractivity contribution is 7.98. The van der Waals surface area contributed by atoms with E-state index in [4.69, 9.17) is 11.6 Å². The Morgan fingerprint density at radius 1 is 1.29 bits per heavy atom. The molecular weight excluding hydrogens is 328 g/mol. The van der Waals surface area contributed by atoms with Crippen molar-refractivity contribution in [3.05, 3.63) is 28.8 Å². The standard InChI is InChI=1S/C14H23ClN2O2S2/c1-10(2)16-8-12-5-6-13(7-14(12)15)21(18,19)17-11(3)9-20-4/h5-7,10-11,16-17H,8-9H2,1-4H3. The van der Waals surface area contributed by atoms with E-state index in [2.05, 4.69) is 10.0 Å². The SMILES string of the molecule is CSCC(C)NS(=O)(=O)c1ccc(CNC(C)C)c(Cl)c1. The van der Waals surface area contributed by atoms with Gasteiger partial charge in [0.1, 0.15) is 0 Å². The Morgan fingerprint density at radius 2 is 1.95 bits per heavy atom. The summed E-state index contributed by atoms with van der Waals surface area (Å²) < 4.78 is 27.2. The van der Waals surface area contributed by atoms with Crippen molar-refractivity contribution in [2.75, 3.05) is 12.0 Å². The van der Waals surface area contributed by atoms with Gasteiger partial charge in [0, 0.05) is 29.4 Å². The maximum absolute atomic E-state index is 12.3. The molecule has 4 nitrogen and oxygen atoms in total. The van der Waals surface area contributed by atoms with Gasteiger partial charge in [0.15, 0.2) is 0 Å². The first-order valence-corrected chi connectivity index (χ1v) is 10.0. The molecule has 7 heteroatoms. The van der Waals surface area contributed by atoms with Crippen molar-refractivity contribution in [2.45, 2.75) is 44.3 Å². The van der Waals surface area contributed by atoms with Crippen molar-refractivity contribution in [2.24, 2.45) is 0 Å². The molecule has 0 aliphatic heterocycles. The predicted molar refractivity (Wildman–Crippen MR) is 91.6 cm³/mol. The highest BCUT2D eigenvalue weighted by Crippen LogP contribution is 2.21. The minimum Gasteiger partial charge on any atom is -0.310 e. The van der Waals surface area contributed by atoms with Gasteiger partial charge in [-0.3, -0.25) is 0 Å². The van der Waals surface area contributed by atoms with E-state index in [-0.39, 0.29) is 10.9 Å². The van der Waals surface area contributed by atoms with Crippen LogP contribution in [0.15, 0.2) is 23.1 Å². The minimum absolute atomic E-state index is 0.119. The van der Waals surface area contributed by atoms with Crippen LogP contribution in [0.25, 0.3) is 0 Å². The molecule has 1 unspecified atom stereocenters. The quantitative estimate of drug-likeness (QED) is 0.757. The van der Waals surface area contributed by atoms with Gasteiger partial charge in [0.05, 0.1) is 4.90 Å². The molecule has 1 rings (SSSR count). The third-order valence-electron chi connectivity index (χ3n) is 2.81. The van der Waals surface area contributed by atoms with Gasteiger partial charge in [-0.25, -0.2) is 13.1 Å². The molecule has 0 fully saturated rings. The molecule has 1 aromatic carbocycles. The summed E-state index contributed by atoms with van der Waals surface area (Å²) in [6.45, 7) is 6.55. The van der Waals surface area contributed by atoms with E-state index >= 15 is 0 Å². The first-order chi connectivity index (χ1) is 9.76. The normalized spacial score (nSPS) is 13.6. The molecule has 0 radical (unpaired) electrons. The number of thioether (sulfide) groups is 1. The van der Waals surface area contributed by atoms with E-state index < -0.39 is 10.0 Å². The topological polar surface area (TPSA) is 58.2 Å². The van der Waals surface area contributed by atoms with E-state index in [1.54, 1.807) is 23.9 Å². The van der Waals surface area contributed by atoms with Gasteiger partial charge < -0.3 is 5.32 Å². The van der Waals surface area contributed by atoms with Crippen molar-refractivity contribution in [1.29, 1.82) is 0 Å². The Hall–Kier alpha value is -0.270. The maximum Gasteiger partial charge on any atom is 0.240 e. The van der Waals surface area contributed by atoms with Crippen LogP contribution >= 0.6 is 23.4 Å². The average molecular weight is 351 g/mol. The second-order valence-electron chi connectivity index (χ2n) is 5.27. The Labute approximate surface area is 137 Å². The Morgan fingerprint density at radius 3 is 2.48 bits per heavy atom. The molecule has 0 saturated carbocycles. The van der Waals surface area contributed by atoms with Crippen LogP contribution in [0.2, 0.25) is 5.02 Å². The zero-order valence-corrected chi connectivity index (χ0v) is 15.2. The lowest BCUT2D eigenvalue weighted by molar-refractivity contribution is 0.570. The molecule has 0 amide bonds. The number of nitrogens with one attached hydrogen (secondary N) is 2. The summed E-state index contributed by atoms with van der Waals surface area (Å²) in [6.07, 6.45) is 1.94. The van der Waals surface area contributed by atoms with Crippen LogP contribution in [0, 0.1) is 0 Å². The Balaban J connectivity index is 2.87. The molecule has 0 spiro atoms. The summed E-state index contributed by atoms with van der Waals surface area (Å²) >= 11 is 7.78. The number of sulfonamides is 1. The Kier molecular flexibility index (Phi) is 7.50. The molecule has 0 saturated heterocycles. The summed E-state index contributed by atoms with van der Waals surface area (Å²) in [5.41, 5.74) is 0.890. The van der Waals surface area contributed by atoms with Crippen LogP contribution in [0.4, 0.5) is 0 Å². The number of halogens is 1. The van der Waals surface area contributed by atoms with E-state index in [1.807, 2.05) is 27.0 Å². The molecule has 0 bridgehead atoms. The van der Waals surface area contributed by atoms with Crippen LogP contribution in [-0.2, 0) is 16.6 Å². The van der Waals surface area contributed by atoms with Crippen LogP contribution in [0.5, 0.6) is 0 Å². The van der Waals surface area contributed by atoms with E-state index in [9.17, 15) is 8.42 Å². The first-order valence-electron chi connectivity index (χ1n) is 6.79. The molecule has 0 aromatic heterocycles. The molecule has 1 atom stereocenters. The minimum atomic E-state index is -3.52. The second kappa shape index (κ2) is 8.39. The van der Waals surface area contributed by atoms with Crippen LogP contribution in [0.3, 0.4) is 0 Å². The van der Waals surface area contributed by atoms with Gasteiger partial charge in [-0.2, -0.15) is 11.8 Å². The molecule has 1 aromatic rings. The second-order valence-corrected chi connectivity index (χ2v) is 8.30. The lowest BCUT2D eigenvalue weighted by atomic mass is 10.2. The summed E-state index contributed by atoms with van der Waals surface area (Å²) in [4.78, 5) is 0.203. The fourth-order valence-electron chi connectivity index (χ4n) is 1.77. The lowest BCUT2D eigenvalue weighted by Gasteiger charge is -2.14. The highest BCUT2D eigenvalue weighted by atomic mass is 35.5. The first kappa shape index (κ1) is 18.8. The molecule has 0 heterocycles. The molecular formula is C14H23ClN2O2S2. The molecule has 2 N–H and O–H groups in total. The third kappa shape index (κ3) is 6.16. The van der Waals surface area contributed by atoms with Gasteiger partial charge in [0.2, 0.25) is 10.0 Å². The lowest BCUT2D eigenvalue weighted by Crippen LogP contribution is -2.34. The van der Waals surface area contributed by atoms with E-state index in [0.717, 1.165) is 11.3 Å². The highest BCUT2D eigenvalue weighted by Gasteiger charge is 2.18. The zero-order valence-electron chi connectivity index (χ0n) is 12.8. The number of hydrogen-bond acceptors (Lipinski definition) is 4. The summed E-state index contributed by atoms with van der Waals surface area (Å²) in [5.74, 6) is 0.726. The molecule has 21 heavy (non-hydrogen) atoms. The van der Waals surface area contributed by atoms with Crippen molar-refractivity contribution < 1.29 is 8.42 Å². The van der Waals surface area contributed by atoms with Crippen molar-refractivity contribution in [3.8, 4) is 0 Å². The van der Waals surface area contributed by atoms with Gasteiger partial charge in [-0.1, -0.05) is 31.5 Å². The smallest absolute Gasteiger partial charge is 0.240 e. The fourth-order valence-corrected chi connectivity index (χ4v) is 4.04. The molecule has 0 aliphatic carbocycles. The van der Waals surface area contributed by atoms with Gasteiger partial charge in [-0.05, 0) is 30.9 Å². The number of benzene rings is 1. The van der Waals surface area contributed by atoms with Crippen molar-refractivity contribution in [1.82, 2.24) is 10.0 Å². The van der Waals surface area contributed by atoms with Gasteiger partial charge in [-0.15, -0.1) is 0 Å². The van der Waals surface area contributed by atoms with Crippen molar-refractivity contribution >= 4 is 33.4 Å².